The lowest BCUT2D eigenvalue weighted by atomic mass is 9.72. The normalized spacial score (nSPS) is 27.1. The van der Waals surface area contributed by atoms with Gasteiger partial charge in [0.15, 0.2) is 5.78 Å². The maximum atomic E-state index is 11.2. The van der Waals surface area contributed by atoms with Gasteiger partial charge in [-0.2, -0.15) is 0 Å². The van der Waals surface area contributed by atoms with Crippen molar-refractivity contribution >= 4 is 11.8 Å². The number of ketones is 1. The van der Waals surface area contributed by atoms with Gasteiger partial charge in [0.25, 0.3) is 0 Å². The summed E-state index contributed by atoms with van der Waals surface area (Å²) in [5.74, 6) is -0.0561. The van der Waals surface area contributed by atoms with Crippen molar-refractivity contribution in [1.82, 2.24) is 0 Å². The maximum absolute atomic E-state index is 11.2. The molecule has 0 amide bonds. The van der Waals surface area contributed by atoms with Gasteiger partial charge in [0.1, 0.15) is 0 Å². The highest BCUT2D eigenvalue weighted by molar-refractivity contribution is 5.91. The van der Waals surface area contributed by atoms with Gasteiger partial charge >= 0.3 is 5.97 Å². The van der Waals surface area contributed by atoms with Crippen molar-refractivity contribution in [3.05, 3.63) is 11.6 Å². The van der Waals surface area contributed by atoms with Crippen molar-refractivity contribution in [2.45, 2.75) is 33.1 Å². The minimum Gasteiger partial charge on any atom is -0.469 e. The molecule has 78 valence electrons. The highest BCUT2D eigenvalue weighted by Crippen LogP contribution is 2.39. The SMILES string of the molecule is COC(=O)CC1(C)CCC(=O)C=C1C. The van der Waals surface area contributed by atoms with Crippen molar-refractivity contribution in [3.8, 4) is 0 Å². The number of esters is 1. The van der Waals surface area contributed by atoms with Crippen LogP contribution in [0.15, 0.2) is 11.6 Å². The highest BCUT2D eigenvalue weighted by atomic mass is 16.5. The van der Waals surface area contributed by atoms with Gasteiger partial charge in [-0.3, -0.25) is 9.59 Å². The Hall–Kier alpha value is -1.12. The predicted octanol–water partition coefficient (Wildman–Crippen LogP) is 1.86. The Balaban J connectivity index is 2.79. The number of rotatable bonds is 2. The maximum Gasteiger partial charge on any atom is 0.306 e. The molecule has 3 heteroatoms. The van der Waals surface area contributed by atoms with Gasteiger partial charge in [-0.25, -0.2) is 0 Å². The molecule has 1 aliphatic rings. The lowest BCUT2D eigenvalue weighted by Gasteiger charge is -2.32. The molecule has 0 spiro atoms. The van der Waals surface area contributed by atoms with E-state index in [4.69, 9.17) is 0 Å². The smallest absolute Gasteiger partial charge is 0.306 e. The summed E-state index contributed by atoms with van der Waals surface area (Å²) >= 11 is 0. The molecule has 0 saturated heterocycles. The number of methoxy groups -OCH3 is 1. The first-order valence-corrected chi connectivity index (χ1v) is 4.76. The summed E-state index contributed by atoms with van der Waals surface area (Å²) in [7, 11) is 1.39. The molecule has 3 nitrogen and oxygen atoms in total. The molecule has 0 aliphatic heterocycles. The third-order valence-corrected chi connectivity index (χ3v) is 3.01. The number of hydrogen-bond donors (Lipinski definition) is 0. The number of allylic oxidation sites excluding steroid dienone is 2. The zero-order chi connectivity index (χ0) is 10.8. The monoisotopic (exact) mass is 196 g/mol. The van der Waals surface area contributed by atoms with E-state index in [1.54, 1.807) is 6.08 Å². The first-order valence-electron chi connectivity index (χ1n) is 4.76. The van der Waals surface area contributed by atoms with Crippen LogP contribution < -0.4 is 0 Å². The van der Waals surface area contributed by atoms with E-state index in [-0.39, 0.29) is 17.2 Å². The molecule has 1 aliphatic carbocycles. The fourth-order valence-corrected chi connectivity index (χ4v) is 1.70. The zero-order valence-electron chi connectivity index (χ0n) is 8.92. The topological polar surface area (TPSA) is 43.4 Å². The quantitative estimate of drug-likeness (QED) is 0.633. The minimum atomic E-state index is -0.213. The van der Waals surface area contributed by atoms with Crippen LogP contribution in [0.3, 0.4) is 0 Å². The van der Waals surface area contributed by atoms with Gasteiger partial charge < -0.3 is 4.74 Å². The third kappa shape index (κ3) is 2.22. The van der Waals surface area contributed by atoms with E-state index in [1.165, 1.54) is 7.11 Å². The van der Waals surface area contributed by atoms with E-state index in [2.05, 4.69) is 4.74 Å². The molecule has 0 saturated carbocycles. The van der Waals surface area contributed by atoms with Crippen molar-refractivity contribution in [1.29, 1.82) is 0 Å². The Morgan fingerprint density at radius 1 is 1.64 bits per heavy atom. The molecular formula is C11H16O3. The summed E-state index contributed by atoms with van der Waals surface area (Å²) < 4.78 is 4.64. The van der Waals surface area contributed by atoms with E-state index in [1.807, 2.05) is 13.8 Å². The van der Waals surface area contributed by atoms with Crippen LogP contribution in [0.2, 0.25) is 0 Å². The van der Waals surface area contributed by atoms with Crippen LogP contribution in [0.4, 0.5) is 0 Å². The largest absolute Gasteiger partial charge is 0.469 e. The van der Waals surface area contributed by atoms with Crippen LogP contribution >= 0.6 is 0 Å². The zero-order valence-corrected chi connectivity index (χ0v) is 8.92. The second-order valence-corrected chi connectivity index (χ2v) is 4.11. The lowest BCUT2D eigenvalue weighted by molar-refractivity contribution is -0.143. The molecule has 0 aromatic heterocycles. The number of hydrogen-bond acceptors (Lipinski definition) is 3. The molecule has 1 unspecified atom stereocenters. The van der Waals surface area contributed by atoms with Gasteiger partial charge in [0.05, 0.1) is 13.5 Å². The molecule has 14 heavy (non-hydrogen) atoms. The van der Waals surface area contributed by atoms with E-state index in [0.717, 1.165) is 12.0 Å². The fraction of sp³-hybridized carbons (Fsp3) is 0.636. The Morgan fingerprint density at radius 3 is 2.79 bits per heavy atom. The molecule has 0 aromatic carbocycles. The summed E-state index contributed by atoms with van der Waals surface area (Å²) in [5.41, 5.74) is 0.792. The van der Waals surface area contributed by atoms with Gasteiger partial charge in [0, 0.05) is 6.42 Å². The third-order valence-electron chi connectivity index (χ3n) is 3.01. The second-order valence-electron chi connectivity index (χ2n) is 4.11. The van der Waals surface area contributed by atoms with Gasteiger partial charge in [0.2, 0.25) is 0 Å². The molecule has 1 rings (SSSR count). The number of carbonyl (C=O) groups is 2. The van der Waals surface area contributed by atoms with Crippen LogP contribution in [-0.4, -0.2) is 18.9 Å². The van der Waals surface area contributed by atoms with E-state index < -0.39 is 0 Å². The number of carbonyl (C=O) groups excluding carboxylic acids is 2. The van der Waals surface area contributed by atoms with Gasteiger partial charge in [-0.15, -0.1) is 0 Å². The number of ether oxygens (including phenoxy) is 1. The average Bonchev–Trinajstić information content (AvgIpc) is 2.12. The summed E-state index contributed by atoms with van der Waals surface area (Å²) in [4.78, 5) is 22.3. The fourth-order valence-electron chi connectivity index (χ4n) is 1.70. The van der Waals surface area contributed by atoms with Crippen LogP contribution in [0.5, 0.6) is 0 Å². The van der Waals surface area contributed by atoms with E-state index in [9.17, 15) is 9.59 Å². The Kier molecular flexibility index (Phi) is 3.09. The summed E-state index contributed by atoms with van der Waals surface area (Å²) in [5, 5.41) is 0. The molecular weight excluding hydrogens is 180 g/mol. The highest BCUT2D eigenvalue weighted by Gasteiger charge is 2.33. The predicted molar refractivity (Wildman–Crippen MR) is 52.7 cm³/mol. The van der Waals surface area contributed by atoms with Gasteiger partial charge in [-0.1, -0.05) is 12.5 Å². The molecule has 0 bridgehead atoms. The molecule has 0 radical (unpaired) electrons. The summed E-state index contributed by atoms with van der Waals surface area (Å²) in [6.45, 7) is 3.90. The van der Waals surface area contributed by atoms with E-state index >= 15 is 0 Å². The van der Waals surface area contributed by atoms with Crippen LogP contribution in [0.1, 0.15) is 33.1 Å². The van der Waals surface area contributed by atoms with Crippen LogP contribution in [0, 0.1) is 5.41 Å². The average molecular weight is 196 g/mol. The second kappa shape index (κ2) is 3.95. The molecule has 0 N–H and O–H groups in total. The minimum absolute atomic E-state index is 0.157. The molecule has 0 fully saturated rings. The Morgan fingerprint density at radius 2 is 2.29 bits per heavy atom. The lowest BCUT2D eigenvalue weighted by Crippen LogP contribution is -2.27. The van der Waals surface area contributed by atoms with Crippen molar-refractivity contribution in [2.24, 2.45) is 5.41 Å². The van der Waals surface area contributed by atoms with E-state index in [0.29, 0.717) is 12.8 Å². The van der Waals surface area contributed by atoms with Crippen molar-refractivity contribution in [2.75, 3.05) is 7.11 Å². The summed E-state index contributed by atoms with van der Waals surface area (Å²) in [6.07, 6.45) is 3.28. The molecule has 0 heterocycles. The van der Waals surface area contributed by atoms with Gasteiger partial charge in [-0.05, 0) is 24.8 Å². The first-order chi connectivity index (χ1) is 6.48. The van der Waals surface area contributed by atoms with Crippen molar-refractivity contribution < 1.29 is 14.3 Å². The first kappa shape index (κ1) is 11.0. The Bertz CT molecular complexity index is 291. The summed E-state index contributed by atoms with van der Waals surface area (Å²) in [6, 6.07) is 0. The Labute approximate surface area is 84.1 Å². The van der Waals surface area contributed by atoms with Crippen LogP contribution in [-0.2, 0) is 14.3 Å². The van der Waals surface area contributed by atoms with Crippen LogP contribution in [0.25, 0.3) is 0 Å². The van der Waals surface area contributed by atoms with Crippen molar-refractivity contribution in [3.63, 3.8) is 0 Å². The standard InChI is InChI=1S/C11H16O3/c1-8-6-9(12)4-5-11(8,2)7-10(13)14-3/h6H,4-5,7H2,1-3H3. The molecule has 0 aromatic rings. The molecule has 1 atom stereocenters.